The molecule has 32 heavy (non-hydrogen) atoms. The van der Waals surface area contributed by atoms with Gasteiger partial charge >= 0.3 is 0 Å². The van der Waals surface area contributed by atoms with Crippen LogP contribution in [-0.2, 0) is 22.7 Å². The number of rotatable bonds is 10. The number of aromatic nitrogens is 3. The second-order valence-electron chi connectivity index (χ2n) is 6.89. The average molecular weight is 439 g/mol. The van der Waals surface area contributed by atoms with Crippen LogP contribution < -0.4 is 25.7 Å². The van der Waals surface area contributed by atoms with Crippen LogP contribution in [0.3, 0.4) is 0 Å². The molecule has 10 nitrogen and oxygen atoms in total. The van der Waals surface area contributed by atoms with Crippen molar-refractivity contribution in [2.75, 3.05) is 20.3 Å². The summed E-state index contributed by atoms with van der Waals surface area (Å²) < 4.78 is 12.0. The second-order valence-corrected chi connectivity index (χ2v) is 6.89. The van der Waals surface area contributed by atoms with E-state index >= 15 is 0 Å². The van der Waals surface area contributed by atoms with Crippen molar-refractivity contribution in [3.8, 4) is 11.5 Å². The standard InChI is InChI=1S/C22H25N5O5/c1-3-23-21(29)14-32-18-9-8-15(12-19(18)31-2)13-24-20(28)10-11-27-22(30)16-6-4-5-7-17(16)25-26-27/h4-9,12H,3,10-11,13-14H2,1-2H3,(H,23,29)(H,24,28). The Balaban J connectivity index is 1.54. The average Bonchev–Trinajstić information content (AvgIpc) is 2.81. The first-order valence-corrected chi connectivity index (χ1v) is 10.2. The first-order chi connectivity index (χ1) is 15.5. The summed E-state index contributed by atoms with van der Waals surface area (Å²) in [7, 11) is 1.50. The van der Waals surface area contributed by atoms with E-state index < -0.39 is 0 Å². The van der Waals surface area contributed by atoms with Gasteiger partial charge in [-0.25, -0.2) is 4.68 Å². The summed E-state index contributed by atoms with van der Waals surface area (Å²) in [5, 5.41) is 13.8. The molecule has 2 aromatic carbocycles. The molecule has 0 radical (unpaired) electrons. The molecule has 0 unspecified atom stereocenters. The zero-order chi connectivity index (χ0) is 22.9. The molecule has 0 bridgehead atoms. The minimum absolute atomic E-state index is 0.0811. The van der Waals surface area contributed by atoms with Crippen LogP contribution in [0.1, 0.15) is 18.9 Å². The van der Waals surface area contributed by atoms with Crippen LogP contribution >= 0.6 is 0 Å². The van der Waals surface area contributed by atoms with E-state index in [9.17, 15) is 14.4 Å². The van der Waals surface area contributed by atoms with Gasteiger partial charge in [-0.1, -0.05) is 23.4 Å². The monoisotopic (exact) mass is 439 g/mol. The predicted octanol–water partition coefficient (Wildman–Crippen LogP) is 1.02. The van der Waals surface area contributed by atoms with Gasteiger partial charge in [0.1, 0.15) is 5.52 Å². The number of aryl methyl sites for hydroxylation is 1. The number of benzene rings is 2. The Morgan fingerprint density at radius 1 is 1.06 bits per heavy atom. The highest BCUT2D eigenvalue weighted by Crippen LogP contribution is 2.28. The van der Waals surface area contributed by atoms with Crippen molar-refractivity contribution in [2.24, 2.45) is 0 Å². The van der Waals surface area contributed by atoms with Crippen molar-refractivity contribution in [1.82, 2.24) is 25.6 Å². The maximum atomic E-state index is 12.4. The van der Waals surface area contributed by atoms with E-state index in [4.69, 9.17) is 9.47 Å². The zero-order valence-electron chi connectivity index (χ0n) is 18.0. The molecule has 0 aliphatic carbocycles. The SMILES string of the molecule is CCNC(=O)COc1ccc(CNC(=O)CCn2nnc3ccccc3c2=O)cc1OC. The summed E-state index contributed by atoms with van der Waals surface area (Å²) in [5.41, 5.74) is 1.03. The molecule has 0 atom stereocenters. The highest BCUT2D eigenvalue weighted by Gasteiger charge is 2.10. The Bertz CT molecular complexity index is 1160. The molecule has 2 N–H and O–H groups in total. The molecule has 0 aliphatic heterocycles. The lowest BCUT2D eigenvalue weighted by atomic mass is 10.2. The molecule has 3 aromatic rings. The van der Waals surface area contributed by atoms with E-state index in [1.54, 1.807) is 42.5 Å². The normalized spacial score (nSPS) is 10.6. The molecule has 0 saturated heterocycles. The van der Waals surface area contributed by atoms with Gasteiger partial charge in [0.15, 0.2) is 18.1 Å². The maximum absolute atomic E-state index is 12.4. The molecule has 1 aromatic heterocycles. The number of nitrogens with zero attached hydrogens (tertiary/aromatic N) is 3. The summed E-state index contributed by atoms with van der Waals surface area (Å²) in [6.07, 6.45) is 0.0811. The van der Waals surface area contributed by atoms with Crippen molar-refractivity contribution < 1.29 is 19.1 Å². The van der Waals surface area contributed by atoms with Crippen LogP contribution in [0.25, 0.3) is 10.9 Å². The Hall–Kier alpha value is -3.95. The van der Waals surface area contributed by atoms with Crippen LogP contribution in [0.4, 0.5) is 0 Å². The van der Waals surface area contributed by atoms with Gasteiger partial charge < -0.3 is 20.1 Å². The third-order valence-electron chi connectivity index (χ3n) is 4.63. The Kier molecular flexibility index (Phi) is 7.74. The fourth-order valence-electron chi connectivity index (χ4n) is 3.00. The van der Waals surface area contributed by atoms with Gasteiger partial charge in [-0.15, -0.1) is 5.10 Å². The number of fused-ring (bicyclic) bond motifs is 1. The van der Waals surface area contributed by atoms with Crippen molar-refractivity contribution in [2.45, 2.75) is 26.4 Å². The molecule has 0 spiro atoms. The number of amides is 2. The minimum atomic E-state index is -0.281. The molecule has 1 heterocycles. The van der Waals surface area contributed by atoms with Crippen LogP contribution in [0, 0.1) is 0 Å². The van der Waals surface area contributed by atoms with Gasteiger partial charge in [0.25, 0.3) is 11.5 Å². The van der Waals surface area contributed by atoms with Gasteiger partial charge in [0.05, 0.1) is 19.0 Å². The van der Waals surface area contributed by atoms with E-state index in [1.807, 2.05) is 6.92 Å². The van der Waals surface area contributed by atoms with Crippen molar-refractivity contribution in [3.05, 3.63) is 58.4 Å². The number of methoxy groups -OCH3 is 1. The van der Waals surface area contributed by atoms with Crippen LogP contribution in [0.5, 0.6) is 11.5 Å². The lowest BCUT2D eigenvalue weighted by Gasteiger charge is -2.12. The zero-order valence-corrected chi connectivity index (χ0v) is 18.0. The number of likely N-dealkylation sites (N-methyl/N-ethyl adjacent to an activating group) is 1. The van der Waals surface area contributed by atoms with Crippen LogP contribution in [0.2, 0.25) is 0 Å². The molecule has 168 valence electrons. The van der Waals surface area contributed by atoms with Crippen molar-refractivity contribution in [3.63, 3.8) is 0 Å². The van der Waals surface area contributed by atoms with E-state index in [-0.39, 0.29) is 43.5 Å². The van der Waals surface area contributed by atoms with Gasteiger partial charge in [-0.3, -0.25) is 14.4 Å². The lowest BCUT2D eigenvalue weighted by Crippen LogP contribution is -2.29. The van der Waals surface area contributed by atoms with Crippen LogP contribution in [-0.4, -0.2) is 47.1 Å². The first-order valence-electron chi connectivity index (χ1n) is 10.2. The largest absolute Gasteiger partial charge is 0.493 e. The summed E-state index contributed by atoms with van der Waals surface area (Å²) in [6.45, 7) is 2.63. The van der Waals surface area contributed by atoms with Crippen LogP contribution in [0.15, 0.2) is 47.3 Å². The summed E-state index contributed by atoms with van der Waals surface area (Å²) in [5.74, 6) is 0.436. The highest BCUT2D eigenvalue weighted by molar-refractivity contribution is 5.78. The van der Waals surface area contributed by atoms with Crippen molar-refractivity contribution >= 4 is 22.7 Å². The number of ether oxygens (including phenoxy) is 2. The molecule has 0 fully saturated rings. The van der Waals surface area contributed by atoms with Crippen molar-refractivity contribution in [1.29, 1.82) is 0 Å². The molecule has 3 rings (SSSR count). The van der Waals surface area contributed by atoms with Gasteiger partial charge in [0.2, 0.25) is 5.91 Å². The summed E-state index contributed by atoms with van der Waals surface area (Å²) in [6, 6.07) is 12.1. The number of carbonyl (C=O) groups excluding carboxylic acids is 2. The number of hydrogen-bond donors (Lipinski definition) is 2. The highest BCUT2D eigenvalue weighted by atomic mass is 16.5. The lowest BCUT2D eigenvalue weighted by molar-refractivity contribution is -0.123. The number of nitrogens with one attached hydrogen (secondary N) is 2. The van der Waals surface area contributed by atoms with E-state index in [2.05, 4.69) is 20.9 Å². The minimum Gasteiger partial charge on any atom is -0.493 e. The summed E-state index contributed by atoms with van der Waals surface area (Å²) in [4.78, 5) is 36.2. The molecule has 0 saturated carbocycles. The quantitative estimate of drug-likeness (QED) is 0.483. The molecule has 2 amide bonds. The molecule has 0 aliphatic rings. The maximum Gasteiger partial charge on any atom is 0.277 e. The topological polar surface area (TPSA) is 124 Å². The Morgan fingerprint density at radius 3 is 2.66 bits per heavy atom. The smallest absolute Gasteiger partial charge is 0.277 e. The first kappa shape index (κ1) is 22.7. The predicted molar refractivity (Wildman–Crippen MR) is 117 cm³/mol. The molecular formula is C22H25N5O5. The van der Waals surface area contributed by atoms with E-state index in [0.29, 0.717) is 28.9 Å². The van der Waals surface area contributed by atoms with Gasteiger partial charge in [0, 0.05) is 19.5 Å². The molecular weight excluding hydrogens is 414 g/mol. The third-order valence-corrected chi connectivity index (χ3v) is 4.63. The number of carbonyl (C=O) groups is 2. The van der Waals surface area contributed by atoms with E-state index in [0.717, 1.165) is 5.56 Å². The van der Waals surface area contributed by atoms with E-state index in [1.165, 1.54) is 11.8 Å². The summed E-state index contributed by atoms with van der Waals surface area (Å²) >= 11 is 0. The fraction of sp³-hybridized carbons (Fsp3) is 0.318. The van der Waals surface area contributed by atoms with Gasteiger partial charge in [-0.2, -0.15) is 0 Å². The third kappa shape index (κ3) is 5.81. The van der Waals surface area contributed by atoms with Gasteiger partial charge in [-0.05, 0) is 36.8 Å². The number of hydrogen-bond acceptors (Lipinski definition) is 7. The Morgan fingerprint density at radius 2 is 1.88 bits per heavy atom. The Labute approximate surface area is 184 Å². The second kappa shape index (κ2) is 10.9. The molecule has 10 heteroatoms. The fourth-order valence-corrected chi connectivity index (χ4v) is 3.00.